The summed E-state index contributed by atoms with van der Waals surface area (Å²) in [6.07, 6.45) is 1.23. The van der Waals surface area contributed by atoms with Crippen molar-refractivity contribution in [1.29, 1.82) is 0 Å². The van der Waals surface area contributed by atoms with E-state index < -0.39 is 23.9 Å². The van der Waals surface area contributed by atoms with Crippen LogP contribution >= 0.6 is 0 Å². The van der Waals surface area contributed by atoms with Gasteiger partial charge in [0.05, 0.1) is 13.5 Å². The summed E-state index contributed by atoms with van der Waals surface area (Å²) in [5.74, 6) is -1.55. The molecule has 1 aromatic carbocycles. The maximum atomic E-state index is 13.8. The first-order valence-electron chi connectivity index (χ1n) is 5.67. The van der Waals surface area contributed by atoms with Gasteiger partial charge in [0, 0.05) is 11.0 Å². The van der Waals surface area contributed by atoms with Crippen LogP contribution in [0.25, 0.3) is 0 Å². The molecule has 0 aliphatic heterocycles. The Morgan fingerprint density at radius 2 is 2.17 bits per heavy atom. The molecule has 1 N–H and O–H groups in total. The van der Waals surface area contributed by atoms with Crippen LogP contribution in [-0.4, -0.2) is 18.2 Å². The molecule has 0 amide bonds. The van der Waals surface area contributed by atoms with E-state index in [-0.39, 0.29) is 17.7 Å². The number of methoxy groups -OCH3 is 1. The number of carboxylic acid groups (broad SMARTS) is 1. The summed E-state index contributed by atoms with van der Waals surface area (Å²) in [5.41, 5.74) is 0.0865. The minimum Gasteiger partial charge on any atom is -0.493 e. The second-order valence-electron chi connectivity index (χ2n) is 4.64. The minimum absolute atomic E-state index is 0.0333. The van der Waals surface area contributed by atoms with E-state index in [9.17, 15) is 13.6 Å². The molecule has 0 spiro atoms. The zero-order valence-corrected chi connectivity index (χ0v) is 10.0. The molecule has 18 heavy (non-hydrogen) atoms. The summed E-state index contributed by atoms with van der Waals surface area (Å²) in [6, 6.07) is 2.59. The SMILES string of the molecule is COc1c(F)cc(CF)cc1C1(CC(=O)O)CC1. The summed E-state index contributed by atoms with van der Waals surface area (Å²) in [6.45, 7) is -0.781. The molecule has 1 saturated carbocycles. The number of aliphatic carboxylic acids is 1. The zero-order valence-electron chi connectivity index (χ0n) is 10.0. The number of hydrogen-bond donors (Lipinski definition) is 1. The van der Waals surface area contributed by atoms with Gasteiger partial charge in [0.25, 0.3) is 0 Å². The van der Waals surface area contributed by atoms with Gasteiger partial charge in [0.2, 0.25) is 0 Å². The lowest BCUT2D eigenvalue weighted by Crippen LogP contribution is -2.15. The molecule has 0 heterocycles. The lowest BCUT2D eigenvalue weighted by atomic mass is 9.90. The third kappa shape index (κ3) is 2.17. The maximum Gasteiger partial charge on any atom is 0.304 e. The molecule has 0 radical (unpaired) electrons. The van der Waals surface area contributed by atoms with Gasteiger partial charge >= 0.3 is 5.97 Å². The molecule has 2 rings (SSSR count). The van der Waals surface area contributed by atoms with Crippen LogP contribution in [-0.2, 0) is 16.9 Å². The fourth-order valence-electron chi connectivity index (χ4n) is 2.31. The van der Waals surface area contributed by atoms with Crippen LogP contribution in [0.3, 0.4) is 0 Å². The first kappa shape index (κ1) is 12.8. The van der Waals surface area contributed by atoms with Gasteiger partial charge in [-0.2, -0.15) is 0 Å². The van der Waals surface area contributed by atoms with E-state index in [0.29, 0.717) is 18.4 Å². The standard InChI is InChI=1S/C13H14F2O3/c1-18-12-9(4-8(7-14)5-10(12)15)13(2-3-13)6-11(16)17/h4-5H,2-3,6-7H2,1H3,(H,16,17). The van der Waals surface area contributed by atoms with Gasteiger partial charge in [0.1, 0.15) is 6.67 Å². The predicted octanol–water partition coefficient (Wildman–Crippen LogP) is 2.81. The summed E-state index contributed by atoms with van der Waals surface area (Å²) in [5, 5.41) is 8.90. The van der Waals surface area contributed by atoms with E-state index >= 15 is 0 Å². The number of carbonyl (C=O) groups is 1. The Balaban J connectivity index is 2.48. The molecule has 98 valence electrons. The van der Waals surface area contributed by atoms with Crippen LogP contribution < -0.4 is 4.74 Å². The fraction of sp³-hybridized carbons (Fsp3) is 0.462. The van der Waals surface area contributed by atoms with Crippen LogP contribution in [0.5, 0.6) is 5.75 Å². The number of rotatable bonds is 5. The Morgan fingerprint density at radius 1 is 1.50 bits per heavy atom. The molecule has 5 heteroatoms. The van der Waals surface area contributed by atoms with Gasteiger partial charge in [-0.25, -0.2) is 8.78 Å². The second kappa shape index (κ2) is 4.55. The van der Waals surface area contributed by atoms with Crippen LogP contribution in [0.1, 0.15) is 30.4 Å². The van der Waals surface area contributed by atoms with E-state index in [1.165, 1.54) is 13.2 Å². The topological polar surface area (TPSA) is 46.5 Å². The number of carboxylic acids is 1. The third-order valence-electron chi connectivity index (χ3n) is 3.38. The average molecular weight is 256 g/mol. The highest BCUT2D eigenvalue weighted by Gasteiger charge is 2.48. The molecule has 1 aliphatic rings. The molecular weight excluding hydrogens is 242 g/mol. The molecule has 3 nitrogen and oxygen atoms in total. The number of ether oxygens (including phenoxy) is 1. The number of hydrogen-bond acceptors (Lipinski definition) is 2. The van der Waals surface area contributed by atoms with Crippen molar-refractivity contribution in [3.05, 3.63) is 29.1 Å². The van der Waals surface area contributed by atoms with Crippen molar-refractivity contribution in [2.75, 3.05) is 7.11 Å². The van der Waals surface area contributed by atoms with E-state index in [1.807, 2.05) is 0 Å². The van der Waals surface area contributed by atoms with Crippen molar-refractivity contribution in [2.45, 2.75) is 31.4 Å². The van der Waals surface area contributed by atoms with Crippen LogP contribution in [0.15, 0.2) is 12.1 Å². The van der Waals surface area contributed by atoms with Gasteiger partial charge < -0.3 is 9.84 Å². The Labute approximate surface area is 103 Å². The van der Waals surface area contributed by atoms with E-state index in [0.717, 1.165) is 6.07 Å². The lowest BCUT2D eigenvalue weighted by molar-refractivity contribution is -0.137. The van der Waals surface area contributed by atoms with Gasteiger partial charge in [-0.3, -0.25) is 4.79 Å². The highest BCUT2D eigenvalue weighted by Crippen LogP contribution is 2.54. The summed E-state index contributed by atoms with van der Waals surface area (Å²) < 4.78 is 31.4. The number of halogens is 2. The summed E-state index contributed by atoms with van der Waals surface area (Å²) >= 11 is 0. The quantitative estimate of drug-likeness (QED) is 0.881. The van der Waals surface area contributed by atoms with Crippen molar-refractivity contribution < 1.29 is 23.4 Å². The second-order valence-corrected chi connectivity index (χ2v) is 4.64. The third-order valence-corrected chi connectivity index (χ3v) is 3.38. The molecule has 0 bridgehead atoms. The molecule has 1 aliphatic carbocycles. The molecule has 0 unspecified atom stereocenters. The van der Waals surface area contributed by atoms with Gasteiger partial charge in [-0.15, -0.1) is 0 Å². The highest BCUT2D eigenvalue weighted by molar-refractivity contribution is 5.70. The number of benzene rings is 1. The van der Waals surface area contributed by atoms with Crippen molar-refractivity contribution >= 4 is 5.97 Å². The van der Waals surface area contributed by atoms with Crippen molar-refractivity contribution in [1.82, 2.24) is 0 Å². The number of alkyl halides is 1. The molecular formula is C13H14F2O3. The van der Waals surface area contributed by atoms with Crippen molar-refractivity contribution in [3.63, 3.8) is 0 Å². The average Bonchev–Trinajstić information content (AvgIpc) is 3.07. The predicted molar refractivity (Wildman–Crippen MR) is 60.9 cm³/mol. The van der Waals surface area contributed by atoms with Crippen LogP contribution in [0.2, 0.25) is 0 Å². The highest BCUT2D eigenvalue weighted by atomic mass is 19.1. The van der Waals surface area contributed by atoms with E-state index in [4.69, 9.17) is 9.84 Å². The molecule has 0 aromatic heterocycles. The van der Waals surface area contributed by atoms with Gasteiger partial charge in [0.15, 0.2) is 11.6 Å². The van der Waals surface area contributed by atoms with Gasteiger partial charge in [-0.1, -0.05) is 0 Å². The van der Waals surface area contributed by atoms with E-state index in [1.54, 1.807) is 0 Å². The Morgan fingerprint density at radius 3 is 2.61 bits per heavy atom. The summed E-state index contributed by atoms with van der Waals surface area (Å²) in [7, 11) is 1.33. The molecule has 1 aromatic rings. The smallest absolute Gasteiger partial charge is 0.304 e. The van der Waals surface area contributed by atoms with Crippen LogP contribution in [0, 0.1) is 5.82 Å². The van der Waals surface area contributed by atoms with Crippen molar-refractivity contribution in [3.8, 4) is 5.75 Å². The lowest BCUT2D eigenvalue weighted by Gasteiger charge is -2.18. The Bertz CT molecular complexity index is 481. The van der Waals surface area contributed by atoms with Gasteiger partial charge in [-0.05, 0) is 30.5 Å². The van der Waals surface area contributed by atoms with E-state index in [2.05, 4.69) is 0 Å². The normalized spacial score (nSPS) is 16.4. The van der Waals surface area contributed by atoms with Crippen LogP contribution in [0.4, 0.5) is 8.78 Å². The summed E-state index contributed by atoms with van der Waals surface area (Å²) in [4.78, 5) is 10.9. The largest absolute Gasteiger partial charge is 0.493 e. The molecule has 0 saturated heterocycles. The Hall–Kier alpha value is -1.65. The zero-order chi connectivity index (χ0) is 13.3. The fourth-order valence-corrected chi connectivity index (χ4v) is 2.31. The minimum atomic E-state index is -0.944. The van der Waals surface area contributed by atoms with Crippen molar-refractivity contribution in [2.24, 2.45) is 0 Å². The first-order valence-corrected chi connectivity index (χ1v) is 5.67. The Kier molecular flexibility index (Phi) is 3.24. The monoisotopic (exact) mass is 256 g/mol. The molecule has 0 atom stereocenters. The molecule has 1 fully saturated rings. The first-order chi connectivity index (χ1) is 8.52. The maximum absolute atomic E-state index is 13.8.